The van der Waals surface area contributed by atoms with Crippen LogP contribution < -0.4 is 10.2 Å². The lowest BCUT2D eigenvalue weighted by molar-refractivity contribution is -0.122. The Kier molecular flexibility index (Phi) is 6.12. The zero-order chi connectivity index (χ0) is 24.5. The predicted molar refractivity (Wildman–Crippen MR) is 135 cm³/mol. The maximum absolute atomic E-state index is 13.5. The van der Waals surface area contributed by atoms with Crippen LogP contribution in [0.25, 0.3) is 0 Å². The van der Waals surface area contributed by atoms with E-state index in [-0.39, 0.29) is 23.8 Å². The van der Waals surface area contributed by atoms with Crippen LogP contribution in [0.1, 0.15) is 63.2 Å². The Balaban J connectivity index is 1.39. The van der Waals surface area contributed by atoms with Crippen LogP contribution in [0, 0.1) is 6.92 Å². The SMILES string of the molecule is Cc1ccc([C@H](C)NC(=O)c2cccc(CN3C(=O)[C@@H]4CCCN4C(=O)c4ccccc43)c2)cc1. The van der Waals surface area contributed by atoms with Gasteiger partial charge in [-0.25, -0.2) is 0 Å². The minimum atomic E-state index is -0.434. The van der Waals surface area contributed by atoms with Crippen molar-refractivity contribution in [2.75, 3.05) is 11.4 Å². The van der Waals surface area contributed by atoms with Gasteiger partial charge < -0.3 is 15.1 Å². The predicted octanol–water partition coefficient (Wildman–Crippen LogP) is 4.64. The average molecular weight is 468 g/mol. The fraction of sp³-hybridized carbons (Fsp3) is 0.276. The number of carbonyl (C=O) groups is 3. The molecule has 0 saturated carbocycles. The van der Waals surface area contributed by atoms with Gasteiger partial charge in [0.2, 0.25) is 5.91 Å². The van der Waals surface area contributed by atoms with Crippen molar-refractivity contribution >= 4 is 23.4 Å². The van der Waals surface area contributed by atoms with E-state index in [1.54, 1.807) is 21.9 Å². The molecule has 3 aromatic carbocycles. The normalized spacial score (nSPS) is 18.1. The molecule has 6 heteroatoms. The van der Waals surface area contributed by atoms with Gasteiger partial charge in [-0.15, -0.1) is 0 Å². The third kappa shape index (κ3) is 4.44. The van der Waals surface area contributed by atoms with E-state index in [1.807, 2.05) is 74.5 Å². The number of carbonyl (C=O) groups excluding carboxylic acids is 3. The van der Waals surface area contributed by atoms with Gasteiger partial charge in [-0.05, 0) is 62.1 Å². The first kappa shape index (κ1) is 22.8. The molecule has 0 aromatic heterocycles. The Hall–Kier alpha value is -3.93. The number of anilines is 1. The molecule has 5 rings (SSSR count). The van der Waals surface area contributed by atoms with Crippen molar-refractivity contribution in [1.82, 2.24) is 10.2 Å². The Bertz CT molecular complexity index is 1280. The van der Waals surface area contributed by atoms with Crippen molar-refractivity contribution in [3.05, 3.63) is 101 Å². The van der Waals surface area contributed by atoms with Crippen LogP contribution >= 0.6 is 0 Å². The van der Waals surface area contributed by atoms with Crippen LogP contribution in [-0.4, -0.2) is 35.2 Å². The summed E-state index contributed by atoms with van der Waals surface area (Å²) in [5, 5.41) is 3.06. The van der Waals surface area contributed by atoms with E-state index in [9.17, 15) is 14.4 Å². The first-order chi connectivity index (χ1) is 16.9. The molecule has 35 heavy (non-hydrogen) atoms. The summed E-state index contributed by atoms with van der Waals surface area (Å²) >= 11 is 0. The quantitative estimate of drug-likeness (QED) is 0.595. The van der Waals surface area contributed by atoms with Gasteiger partial charge in [-0.1, -0.05) is 54.1 Å². The van der Waals surface area contributed by atoms with E-state index >= 15 is 0 Å². The summed E-state index contributed by atoms with van der Waals surface area (Å²) in [6.45, 7) is 4.89. The van der Waals surface area contributed by atoms with Crippen molar-refractivity contribution in [3.8, 4) is 0 Å². The summed E-state index contributed by atoms with van der Waals surface area (Å²) in [5.74, 6) is -0.319. The summed E-state index contributed by atoms with van der Waals surface area (Å²) in [6, 6.07) is 22.2. The van der Waals surface area contributed by atoms with Crippen LogP contribution in [-0.2, 0) is 11.3 Å². The molecule has 2 heterocycles. The molecule has 0 aliphatic carbocycles. The molecule has 0 bridgehead atoms. The van der Waals surface area contributed by atoms with E-state index in [1.165, 1.54) is 5.56 Å². The van der Waals surface area contributed by atoms with Crippen molar-refractivity contribution in [3.63, 3.8) is 0 Å². The first-order valence-electron chi connectivity index (χ1n) is 12.1. The number of benzene rings is 3. The lowest BCUT2D eigenvalue weighted by Crippen LogP contribution is -2.44. The molecule has 178 valence electrons. The highest BCUT2D eigenvalue weighted by molar-refractivity contribution is 6.11. The lowest BCUT2D eigenvalue weighted by Gasteiger charge is -2.26. The van der Waals surface area contributed by atoms with E-state index in [0.29, 0.717) is 36.3 Å². The third-order valence-electron chi connectivity index (χ3n) is 6.94. The van der Waals surface area contributed by atoms with Crippen LogP contribution in [0.3, 0.4) is 0 Å². The number of aryl methyl sites for hydroxylation is 1. The average Bonchev–Trinajstić information content (AvgIpc) is 3.34. The topological polar surface area (TPSA) is 69.7 Å². The number of para-hydroxylation sites is 1. The Morgan fingerprint density at radius 2 is 1.80 bits per heavy atom. The zero-order valence-corrected chi connectivity index (χ0v) is 20.0. The largest absolute Gasteiger partial charge is 0.346 e. The number of hydrogen-bond acceptors (Lipinski definition) is 3. The third-order valence-corrected chi connectivity index (χ3v) is 6.94. The Morgan fingerprint density at radius 3 is 2.60 bits per heavy atom. The second-order valence-electron chi connectivity index (χ2n) is 9.40. The van der Waals surface area contributed by atoms with Gasteiger partial charge in [0.1, 0.15) is 6.04 Å². The second kappa shape index (κ2) is 9.37. The summed E-state index contributed by atoms with van der Waals surface area (Å²) < 4.78 is 0. The molecule has 1 fully saturated rings. The second-order valence-corrected chi connectivity index (χ2v) is 9.40. The van der Waals surface area contributed by atoms with Crippen LogP contribution in [0.4, 0.5) is 5.69 Å². The molecule has 0 unspecified atom stereocenters. The van der Waals surface area contributed by atoms with E-state index < -0.39 is 6.04 Å². The van der Waals surface area contributed by atoms with Gasteiger partial charge in [0.25, 0.3) is 11.8 Å². The molecule has 2 aliphatic rings. The van der Waals surface area contributed by atoms with Crippen molar-refractivity contribution in [2.24, 2.45) is 0 Å². The van der Waals surface area contributed by atoms with Crippen LogP contribution in [0.5, 0.6) is 0 Å². The molecule has 6 nitrogen and oxygen atoms in total. The minimum Gasteiger partial charge on any atom is -0.346 e. The summed E-state index contributed by atoms with van der Waals surface area (Å²) in [7, 11) is 0. The molecule has 1 saturated heterocycles. The molecule has 0 radical (unpaired) electrons. The van der Waals surface area contributed by atoms with E-state index in [4.69, 9.17) is 0 Å². The molecular weight excluding hydrogens is 438 g/mol. The van der Waals surface area contributed by atoms with Crippen LogP contribution in [0.2, 0.25) is 0 Å². The molecule has 0 spiro atoms. The Labute approximate surface area is 205 Å². The number of fused-ring (bicyclic) bond motifs is 2. The monoisotopic (exact) mass is 467 g/mol. The number of rotatable bonds is 5. The fourth-order valence-corrected chi connectivity index (χ4v) is 4.98. The summed E-state index contributed by atoms with van der Waals surface area (Å²) in [4.78, 5) is 43.1. The van der Waals surface area contributed by atoms with Crippen molar-refractivity contribution < 1.29 is 14.4 Å². The number of nitrogens with zero attached hydrogens (tertiary/aromatic N) is 2. The molecular formula is C29H29N3O3. The maximum Gasteiger partial charge on any atom is 0.256 e. The summed E-state index contributed by atoms with van der Waals surface area (Å²) in [6.07, 6.45) is 1.50. The van der Waals surface area contributed by atoms with Crippen LogP contribution in [0.15, 0.2) is 72.8 Å². The zero-order valence-electron chi connectivity index (χ0n) is 20.0. The van der Waals surface area contributed by atoms with E-state index in [0.717, 1.165) is 17.5 Å². The van der Waals surface area contributed by atoms with Gasteiger partial charge in [0.05, 0.1) is 23.8 Å². The number of hydrogen-bond donors (Lipinski definition) is 1. The highest BCUT2D eigenvalue weighted by atomic mass is 16.2. The highest BCUT2D eigenvalue weighted by Gasteiger charge is 2.41. The smallest absolute Gasteiger partial charge is 0.256 e. The summed E-state index contributed by atoms with van der Waals surface area (Å²) in [5.41, 5.74) is 4.76. The number of amides is 3. The molecule has 2 aliphatic heterocycles. The van der Waals surface area contributed by atoms with Gasteiger partial charge in [-0.2, -0.15) is 0 Å². The van der Waals surface area contributed by atoms with Gasteiger partial charge in [0.15, 0.2) is 0 Å². The highest BCUT2D eigenvalue weighted by Crippen LogP contribution is 2.33. The van der Waals surface area contributed by atoms with Gasteiger partial charge in [-0.3, -0.25) is 14.4 Å². The lowest BCUT2D eigenvalue weighted by atomic mass is 10.0. The molecule has 3 aromatic rings. The first-order valence-corrected chi connectivity index (χ1v) is 12.1. The molecule has 1 N–H and O–H groups in total. The standard InChI is InChI=1S/C29H29N3O3/c1-19-12-14-22(15-13-19)20(2)30-27(33)23-8-5-7-21(17-23)18-32-25-10-4-3-9-24(25)28(34)31-16-6-11-26(31)29(32)35/h3-5,7-10,12-15,17,20,26H,6,11,16,18H2,1-2H3,(H,30,33)/t20-,26-/m0/s1. The van der Waals surface area contributed by atoms with Gasteiger partial charge in [0, 0.05) is 12.1 Å². The minimum absolute atomic E-state index is 0.0661. The number of nitrogens with one attached hydrogen (secondary N) is 1. The Morgan fingerprint density at radius 1 is 1.03 bits per heavy atom. The maximum atomic E-state index is 13.5. The fourth-order valence-electron chi connectivity index (χ4n) is 4.98. The van der Waals surface area contributed by atoms with Crippen molar-refractivity contribution in [2.45, 2.75) is 45.3 Å². The molecule has 2 atom stereocenters. The molecule has 3 amide bonds. The van der Waals surface area contributed by atoms with Gasteiger partial charge >= 0.3 is 0 Å². The van der Waals surface area contributed by atoms with E-state index in [2.05, 4.69) is 5.32 Å². The van der Waals surface area contributed by atoms with Crippen molar-refractivity contribution in [1.29, 1.82) is 0 Å².